The zero-order chi connectivity index (χ0) is 7.82. The van der Waals surface area contributed by atoms with E-state index in [1.165, 1.54) is 38.8 Å². The van der Waals surface area contributed by atoms with Crippen LogP contribution >= 0.6 is 0 Å². The molecule has 0 aliphatic carbocycles. The molecule has 1 heterocycles. The molecule has 1 rings (SSSR count). The van der Waals surface area contributed by atoms with Gasteiger partial charge in [0.2, 0.25) is 0 Å². The van der Waals surface area contributed by atoms with Gasteiger partial charge in [-0.3, -0.25) is 0 Å². The van der Waals surface area contributed by atoms with Crippen LogP contribution in [-0.4, -0.2) is 36.0 Å². The Morgan fingerprint density at radius 3 is 1.21 bits per heavy atom. The molecule has 0 radical (unpaired) electrons. The van der Waals surface area contributed by atoms with Gasteiger partial charge in [0.25, 0.3) is 0 Å². The van der Waals surface area contributed by atoms with E-state index < -0.39 is 0 Å². The van der Waals surface area contributed by atoms with E-state index in [-0.39, 0.29) is 23.3 Å². The Morgan fingerprint density at radius 1 is 0.857 bits per heavy atom. The summed E-state index contributed by atoms with van der Waals surface area (Å²) in [7, 11) is 2.17. The Balaban J connectivity index is -0.0000000315. The molecule has 0 aromatic heterocycles. The normalized spacial score (nSPS) is 13.1. The molecule has 0 atom stereocenters. The first-order chi connectivity index (χ1) is 4.81. The van der Waals surface area contributed by atoms with Crippen LogP contribution in [0, 0.1) is 0 Å². The van der Waals surface area contributed by atoms with Crippen LogP contribution in [0.4, 0.5) is 0 Å². The fourth-order valence-corrected chi connectivity index (χ4v) is 0.875. The van der Waals surface area contributed by atoms with Crippen LogP contribution in [0.1, 0.15) is 39.5 Å². The molecule has 0 aromatic rings. The molecular weight excluding hydrogens is 182 g/mol. The Kier molecular flexibility index (Phi) is 48.0. The number of hydrogen-bond acceptors (Lipinski definition) is 3. The summed E-state index contributed by atoms with van der Waals surface area (Å²) in [6.07, 6.45) is 5.47. The second-order valence-corrected chi connectivity index (χ2v) is 3.01. The maximum absolute atomic E-state index is 2.36. The third-order valence-corrected chi connectivity index (χ3v) is 1.83. The fraction of sp³-hybridized carbons (Fsp3) is 1.00. The summed E-state index contributed by atoms with van der Waals surface area (Å²) in [4.78, 5) is 2.36. The topological polar surface area (TPSA) is 136 Å². The van der Waals surface area contributed by atoms with E-state index in [4.69, 9.17) is 0 Å². The number of nitrogens with zero attached hydrogens (tertiary/aromatic N) is 1. The summed E-state index contributed by atoms with van der Waals surface area (Å²) in [5, 5.41) is 0. The minimum absolute atomic E-state index is 0. The molecular formula is C9H31N3O2. The molecule has 1 aliphatic rings. The lowest BCUT2D eigenvalue weighted by Gasteiger charge is -2.01. The molecule has 14 heavy (non-hydrogen) atoms. The van der Waals surface area contributed by atoms with Crippen LogP contribution in [0.3, 0.4) is 0 Å². The number of likely N-dealkylation sites (tertiary alicyclic amines) is 1. The lowest BCUT2D eigenvalue weighted by Crippen LogP contribution is -2.10. The number of unbranched alkanes of at least 4 members (excludes halogenated alkanes) is 1. The summed E-state index contributed by atoms with van der Waals surface area (Å²) in [5.74, 6) is 0. The van der Waals surface area contributed by atoms with E-state index in [1.807, 2.05) is 0 Å². The lowest BCUT2D eigenvalue weighted by molar-refractivity contribution is 0.418. The molecule has 1 aliphatic heterocycles. The van der Waals surface area contributed by atoms with E-state index in [9.17, 15) is 0 Å². The molecule has 1 saturated heterocycles. The molecule has 0 aromatic carbocycles. The van der Waals surface area contributed by atoms with Crippen molar-refractivity contribution < 1.29 is 11.0 Å². The second kappa shape index (κ2) is 23.0. The van der Waals surface area contributed by atoms with Crippen molar-refractivity contribution in [2.24, 2.45) is 0 Å². The fourth-order valence-electron chi connectivity index (χ4n) is 0.875. The van der Waals surface area contributed by atoms with Crippen LogP contribution in [-0.2, 0) is 0 Å². The summed E-state index contributed by atoms with van der Waals surface area (Å²) < 4.78 is 0. The number of rotatable bonds is 1. The molecule has 1 fully saturated rings. The van der Waals surface area contributed by atoms with E-state index in [0.717, 1.165) is 0 Å². The van der Waals surface area contributed by atoms with Crippen LogP contribution in [0.25, 0.3) is 0 Å². The molecule has 5 heteroatoms. The predicted octanol–water partition coefficient (Wildman–Crippen LogP) is 1.19. The highest BCUT2D eigenvalue weighted by Gasteiger charge is 2.03. The first kappa shape index (κ1) is 29.2. The van der Waals surface area contributed by atoms with Crippen LogP contribution in [0.2, 0.25) is 0 Å². The Hall–Kier alpha value is -0.200. The van der Waals surface area contributed by atoms with Crippen LogP contribution in [0.15, 0.2) is 0 Å². The molecule has 0 amide bonds. The number of hydrogen-bond donors (Lipinski definition) is 2. The van der Waals surface area contributed by atoms with Gasteiger partial charge in [-0.15, -0.1) is 0 Å². The van der Waals surface area contributed by atoms with Crippen molar-refractivity contribution in [3.63, 3.8) is 0 Å². The van der Waals surface area contributed by atoms with E-state index in [2.05, 4.69) is 25.8 Å². The maximum atomic E-state index is 2.36. The van der Waals surface area contributed by atoms with Crippen molar-refractivity contribution in [3.05, 3.63) is 0 Å². The first-order valence-electron chi connectivity index (χ1n) is 4.49. The standard InChI is InChI=1S/C5H11N.C4H10.2H3N.2H2O/c1-6-4-2-3-5-6;1-3-4-2;;;;/h2-5H2,1H3;3-4H2,1-2H3;2*1H3;2*1H2. The molecule has 0 bridgehead atoms. The summed E-state index contributed by atoms with van der Waals surface area (Å²) in [6, 6.07) is 0. The largest absolute Gasteiger partial charge is 0.412 e. The van der Waals surface area contributed by atoms with Crippen molar-refractivity contribution in [3.8, 4) is 0 Å². The minimum atomic E-state index is 0. The van der Waals surface area contributed by atoms with E-state index in [1.54, 1.807) is 0 Å². The highest BCUT2D eigenvalue weighted by molar-refractivity contribution is 4.59. The SMILES string of the molecule is CCCC.CN1CCCC1.N.N.O.O. The van der Waals surface area contributed by atoms with Crippen molar-refractivity contribution in [1.29, 1.82) is 0 Å². The van der Waals surface area contributed by atoms with E-state index in [0.29, 0.717) is 0 Å². The van der Waals surface area contributed by atoms with Gasteiger partial charge >= 0.3 is 0 Å². The Labute approximate surface area is 88.7 Å². The molecule has 94 valence electrons. The van der Waals surface area contributed by atoms with Crippen molar-refractivity contribution in [1.82, 2.24) is 17.2 Å². The van der Waals surface area contributed by atoms with Crippen molar-refractivity contribution in [2.75, 3.05) is 20.1 Å². The van der Waals surface area contributed by atoms with E-state index >= 15 is 0 Å². The van der Waals surface area contributed by atoms with Gasteiger partial charge in [0.1, 0.15) is 0 Å². The van der Waals surface area contributed by atoms with Gasteiger partial charge in [-0.2, -0.15) is 0 Å². The molecule has 0 spiro atoms. The first-order valence-corrected chi connectivity index (χ1v) is 4.49. The summed E-state index contributed by atoms with van der Waals surface area (Å²) in [5.41, 5.74) is 0. The van der Waals surface area contributed by atoms with Crippen LogP contribution < -0.4 is 12.3 Å². The monoisotopic (exact) mass is 213 g/mol. The van der Waals surface area contributed by atoms with Gasteiger partial charge in [0, 0.05) is 0 Å². The lowest BCUT2D eigenvalue weighted by atomic mass is 10.4. The smallest absolute Gasteiger partial charge is 0.00213 e. The third kappa shape index (κ3) is 22.6. The highest BCUT2D eigenvalue weighted by atomic mass is 16.0. The van der Waals surface area contributed by atoms with Crippen molar-refractivity contribution >= 4 is 0 Å². The van der Waals surface area contributed by atoms with Gasteiger partial charge in [-0.05, 0) is 33.0 Å². The quantitative estimate of drug-likeness (QED) is 0.676. The average molecular weight is 213 g/mol. The predicted molar refractivity (Wildman–Crippen MR) is 64.6 cm³/mol. The highest BCUT2D eigenvalue weighted by Crippen LogP contribution is 2.02. The zero-order valence-electron chi connectivity index (χ0n) is 10.1. The molecule has 0 saturated carbocycles. The maximum Gasteiger partial charge on any atom is -0.00213 e. The molecule has 10 N–H and O–H groups in total. The summed E-state index contributed by atoms with van der Waals surface area (Å²) in [6.45, 7) is 7.00. The molecule has 0 unspecified atom stereocenters. The van der Waals surface area contributed by atoms with Gasteiger partial charge in [0.05, 0.1) is 0 Å². The second-order valence-electron chi connectivity index (χ2n) is 3.01. The van der Waals surface area contributed by atoms with Gasteiger partial charge < -0.3 is 28.2 Å². The van der Waals surface area contributed by atoms with Gasteiger partial charge in [-0.1, -0.05) is 26.7 Å². The molecule has 5 nitrogen and oxygen atoms in total. The third-order valence-electron chi connectivity index (χ3n) is 1.83. The zero-order valence-corrected chi connectivity index (χ0v) is 10.1. The Bertz CT molecular complexity index is 67.1. The Morgan fingerprint density at radius 2 is 1.14 bits per heavy atom. The van der Waals surface area contributed by atoms with Crippen molar-refractivity contribution in [2.45, 2.75) is 39.5 Å². The van der Waals surface area contributed by atoms with Gasteiger partial charge in [-0.25, -0.2) is 0 Å². The minimum Gasteiger partial charge on any atom is -0.412 e. The van der Waals surface area contributed by atoms with Gasteiger partial charge in [0.15, 0.2) is 0 Å². The summed E-state index contributed by atoms with van der Waals surface area (Å²) >= 11 is 0. The van der Waals surface area contributed by atoms with Crippen LogP contribution in [0.5, 0.6) is 0 Å². The average Bonchev–Trinajstić information content (AvgIpc) is 2.40.